The molecular formula is C15H14ClF2N. The molecule has 0 unspecified atom stereocenters. The normalized spacial score (nSPS) is 10.7. The second-order valence-electron chi connectivity index (χ2n) is 4.38. The zero-order valence-electron chi connectivity index (χ0n) is 10.6. The number of aryl methyl sites for hydroxylation is 3. The van der Waals surface area contributed by atoms with Gasteiger partial charge in [0.05, 0.1) is 0 Å². The Kier molecular flexibility index (Phi) is 4.48. The van der Waals surface area contributed by atoms with Crippen LogP contribution >= 0.6 is 11.6 Å². The SMILES string of the molecule is CCc1ccc(CCc2cc(F)c(F)nc2Cl)cc1. The van der Waals surface area contributed by atoms with Crippen LogP contribution in [0.3, 0.4) is 0 Å². The number of hydrogen-bond acceptors (Lipinski definition) is 1. The molecule has 0 fully saturated rings. The molecule has 1 heterocycles. The summed E-state index contributed by atoms with van der Waals surface area (Å²) in [6, 6.07) is 9.34. The highest BCUT2D eigenvalue weighted by Crippen LogP contribution is 2.18. The molecule has 1 aromatic heterocycles. The molecule has 0 amide bonds. The van der Waals surface area contributed by atoms with Crippen LogP contribution in [-0.4, -0.2) is 4.98 Å². The Morgan fingerprint density at radius 2 is 1.68 bits per heavy atom. The minimum Gasteiger partial charge on any atom is -0.205 e. The lowest BCUT2D eigenvalue weighted by Gasteiger charge is -2.05. The van der Waals surface area contributed by atoms with E-state index in [4.69, 9.17) is 11.6 Å². The van der Waals surface area contributed by atoms with E-state index in [1.165, 1.54) is 5.56 Å². The van der Waals surface area contributed by atoms with Gasteiger partial charge in [0.2, 0.25) is 5.95 Å². The summed E-state index contributed by atoms with van der Waals surface area (Å²) in [4.78, 5) is 3.34. The molecule has 0 saturated heterocycles. The second kappa shape index (κ2) is 6.11. The number of rotatable bonds is 4. The van der Waals surface area contributed by atoms with E-state index in [1.807, 2.05) is 12.1 Å². The monoisotopic (exact) mass is 281 g/mol. The van der Waals surface area contributed by atoms with Gasteiger partial charge in [0, 0.05) is 0 Å². The smallest absolute Gasteiger partial charge is 0.205 e. The molecule has 0 spiro atoms. The summed E-state index contributed by atoms with van der Waals surface area (Å²) >= 11 is 5.80. The van der Waals surface area contributed by atoms with E-state index in [0.29, 0.717) is 12.0 Å². The van der Waals surface area contributed by atoms with Crippen LogP contribution < -0.4 is 0 Å². The lowest BCUT2D eigenvalue weighted by molar-refractivity contribution is 0.477. The molecule has 4 heteroatoms. The zero-order valence-corrected chi connectivity index (χ0v) is 11.3. The van der Waals surface area contributed by atoms with E-state index >= 15 is 0 Å². The van der Waals surface area contributed by atoms with Crippen LogP contribution in [0, 0.1) is 11.8 Å². The molecule has 1 aromatic carbocycles. The Morgan fingerprint density at radius 1 is 1.05 bits per heavy atom. The third-order valence-electron chi connectivity index (χ3n) is 3.07. The molecule has 19 heavy (non-hydrogen) atoms. The minimum atomic E-state index is -1.15. The molecule has 0 aliphatic carbocycles. The van der Waals surface area contributed by atoms with Gasteiger partial charge in [-0.3, -0.25) is 0 Å². The van der Waals surface area contributed by atoms with Crippen molar-refractivity contribution in [1.82, 2.24) is 4.98 Å². The van der Waals surface area contributed by atoms with E-state index in [0.717, 1.165) is 24.5 Å². The Balaban J connectivity index is 2.07. The summed E-state index contributed by atoms with van der Waals surface area (Å²) < 4.78 is 25.9. The molecule has 0 bridgehead atoms. The number of benzene rings is 1. The van der Waals surface area contributed by atoms with Crippen molar-refractivity contribution in [1.29, 1.82) is 0 Å². The van der Waals surface area contributed by atoms with Gasteiger partial charge in [0.1, 0.15) is 5.15 Å². The molecule has 2 aromatic rings. The van der Waals surface area contributed by atoms with Gasteiger partial charge >= 0.3 is 0 Å². The van der Waals surface area contributed by atoms with Crippen LogP contribution in [0.4, 0.5) is 8.78 Å². The van der Waals surface area contributed by atoms with Crippen molar-refractivity contribution < 1.29 is 8.78 Å². The first-order valence-corrected chi connectivity index (χ1v) is 6.56. The van der Waals surface area contributed by atoms with E-state index in [1.54, 1.807) is 0 Å². The van der Waals surface area contributed by atoms with Gasteiger partial charge < -0.3 is 0 Å². The largest absolute Gasteiger partial charge is 0.250 e. The maximum atomic E-state index is 13.1. The Hall–Kier alpha value is -1.48. The number of halogens is 3. The molecule has 0 radical (unpaired) electrons. The van der Waals surface area contributed by atoms with Gasteiger partial charge in [-0.15, -0.1) is 0 Å². The van der Waals surface area contributed by atoms with Crippen molar-refractivity contribution in [2.75, 3.05) is 0 Å². The van der Waals surface area contributed by atoms with Gasteiger partial charge in [-0.1, -0.05) is 42.8 Å². The number of pyridine rings is 1. The van der Waals surface area contributed by atoms with Crippen molar-refractivity contribution in [3.63, 3.8) is 0 Å². The van der Waals surface area contributed by atoms with Gasteiger partial charge in [-0.25, -0.2) is 9.37 Å². The first kappa shape index (κ1) is 13.9. The van der Waals surface area contributed by atoms with Gasteiger partial charge in [0.25, 0.3) is 0 Å². The average molecular weight is 282 g/mol. The van der Waals surface area contributed by atoms with Gasteiger partial charge in [-0.05, 0) is 42.0 Å². The fourth-order valence-corrected chi connectivity index (χ4v) is 2.10. The van der Waals surface area contributed by atoms with Crippen molar-refractivity contribution >= 4 is 11.6 Å². The van der Waals surface area contributed by atoms with E-state index in [2.05, 4.69) is 24.0 Å². The molecule has 0 saturated carbocycles. The maximum Gasteiger partial charge on any atom is 0.250 e. The highest BCUT2D eigenvalue weighted by Gasteiger charge is 2.10. The van der Waals surface area contributed by atoms with E-state index in [9.17, 15) is 8.78 Å². The summed E-state index contributed by atoms with van der Waals surface area (Å²) in [5.41, 5.74) is 2.94. The molecule has 2 rings (SSSR count). The Bertz CT molecular complexity index is 567. The van der Waals surface area contributed by atoms with Crippen LogP contribution in [0.1, 0.15) is 23.6 Å². The number of aromatic nitrogens is 1. The van der Waals surface area contributed by atoms with Crippen molar-refractivity contribution in [2.24, 2.45) is 0 Å². The molecule has 0 N–H and O–H groups in total. The molecular weight excluding hydrogens is 268 g/mol. The second-order valence-corrected chi connectivity index (χ2v) is 4.74. The first-order valence-electron chi connectivity index (χ1n) is 6.18. The van der Waals surface area contributed by atoms with Crippen molar-refractivity contribution in [2.45, 2.75) is 26.2 Å². The van der Waals surface area contributed by atoms with Crippen LogP contribution in [-0.2, 0) is 19.3 Å². The fraction of sp³-hybridized carbons (Fsp3) is 0.267. The van der Waals surface area contributed by atoms with E-state index in [-0.39, 0.29) is 5.15 Å². The summed E-state index contributed by atoms with van der Waals surface area (Å²) in [6.45, 7) is 2.10. The van der Waals surface area contributed by atoms with Crippen molar-refractivity contribution in [3.8, 4) is 0 Å². The van der Waals surface area contributed by atoms with Crippen LogP contribution in [0.25, 0.3) is 0 Å². The van der Waals surface area contributed by atoms with Crippen LogP contribution in [0.5, 0.6) is 0 Å². The van der Waals surface area contributed by atoms with E-state index < -0.39 is 11.8 Å². The third kappa shape index (κ3) is 3.51. The Morgan fingerprint density at radius 3 is 2.32 bits per heavy atom. The van der Waals surface area contributed by atoms with Crippen LogP contribution in [0.2, 0.25) is 5.15 Å². The van der Waals surface area contributed by atoms with Gasteiger partial charge in [0.15, 0.2) is 5.82 Å². The summed E-state index contributed by atoms with van der Waals surface area (Å²) in [5, 5.41) is 0.0316. The first-order chi connectivity index (χ1) is 9.10. The van der Waals surface area contributed by atoms with Gasteiger partial charge in [-0.2, -0.15) is 4.39 Å². The topological polar surface area (TPSA) is 12.9 Å². The summed E-state index contributed by atoms with van der Waals surface area (Å²) in [5.74, 6) is -2.11. The minimum absolute atomic E-state index is 0.0316. The predicted molar refractivity (Wildman–Crippen MR) is 72.4 cm³/mol. The summed E-state index contributed by atoms with van der Waals surface area (Å²) in [6.07, 6.45) is 2.25. The quantitative estimate of drug-likeness (QED) is 0.759. The Labute approximate surface area is 116 Å². The van der Waals surface area contributed by atoms with Crippen molar-refractivity contribution in [3.05, 3.63) is 63.9 Å². The lowest BCUT2D eigenvalue weighted by atomic mass is 10.0. The standard InChI is InChI=1S/C15H14ClF2N/c1-2-10-3-5-11(6-4-10)7-8-12-9-13(17)15(18)19-14(12)16/h3-6,9H,2,7-8H2,1H3. The predicted octanol–water partition coefficient (Wildman–Crippen LogP) is 4.36. The maximum absolute atomic E-state index is 13.1. The third-order valence-corrected chi connectivity index (χ3v) is 3.40. The highest BCUT2D eigenvalue weighted by molar-refractivity contribution is 6.30. The molecule has 100 valence electrons. The summed E-state index contributed by atoms with van der Waals surface area (Å²) in [7, 11) is 0. The zero-order chi connectivity index (χ0) is 13.8. The fourth-order valence-electron chi connectivity index (χ4n) is 1.88. The molecule has 1 nitrogen and oxygen atoms in total. The molecule has 0 aliphatic heterocycles. The number of hydrogen-bond donors (Lipinski definition) is 0. The average Bonchev–Trinajstić information content (AvgIpc) is 2.42. The lowest BCUT2D eigenvalue weighted by Crippen LogP contribution is -1.98. The molecule has 0 atom stereocenters. The highest BCUT2D eigenvalue weighted by atomic mass is 35.5. The number of nitrogens with zero attached hydrogens (tertiary/aromatic N) is 1. The molecule has 0 aliphatic rings. The van der Waals surface area contributed by atoms with Crippen LogP contribution in [0.15, 0.2) is 30.3 Å².